The van der Waals surface area contributed by atoms with Crippen LogP contribution in [0.5, 0.6) is 0 Å². The van der Waals surface area contributed by atoms with E-state index in [1.165, 1.54) is 7.05 Å². The summed E-state index contributed by atoms with van der Waals surface area (Å²) in [4.78, 5) is 0.237. The zero-order valence-corrected chi connectivity index (χ0v) is 14.1. The summed E-state index contributed by atoms with van der Waals surface area (Å²) >= 11 is 0. The van der Waals surface area contributed by atoms with Crippen LogP contribution in [0, 0.1) is 13.8 Å². The smallest absolute Gasteiger partial charge is 0.200 e. The van der Waals surface area contributed by atoms with E-state index < -0.39 is 10.0 Å². The molecule has 0 spiro atoms. The normalized spacial score (nSPS) is 12.3. The molecule has 22 heavy (non-hydrogen) atoms. The molecule has 0 bridgehead atoms. The Morgan fingerprint density at radius 2 is 1.36 bits per heavy atom. The molecular weight excluding hydrogens is 296 g/mol. The molecule has 0 fully saturated rings. The molecule has 0 radical (unpaired) electrons. The maximum Gasteiger partial charge on any atom is 0.278 e. The van der Waals surface area contributed by atoms with E-state index in [4.69, 9.17) is 0 Å². The van der Waals surface area contributed by atoms with Gasteiger partial charge in [-0.2, -0.15) is 17.9 Å². The Kier molecular flexibility index (Phi) is 4.66. The number of sulfonamides is 1. The molecule has 0 saturated carbocycles. The first-order valence-electron chi connectivity index (χ1n) is 6.98. The van der Waals surface area contributed by atoms with Crippen LogP contribution >= 0.6 is 0 Å². The predicted molar refractivity (Wildman–Crippen MR) is 89.5 cm³/mol. The second-order valence-electron chi connectivity index (χ2n) is 5.30. The van der Waals surface area contributed by atoms with Crippen molar-refractivity contribution in [3.8, 4) is 0 Å². The summed E-state index contributed by atoms with van der Waals surface area (Å²) in [5, 5.41) is 4.21. The highest BCUT2D eigenvalue weighted by Gasteiger charge is 2.19. The van der Waals surface area contributed by atoms with Crippen LogP contribution in [0.4, 0.5) is 0 Å². The average molecular weight is 316 g/mol. The summed E-state index contributed by atoms with van der Waals surface area (Å²) in [5.74, 6) is 0. The molecule has 2 aromatic carbocycles. The molecule has 0 aromatic heterocycles. The van der Waals surface area contributed by atoms with Gasteiger partial charge in [0.1, 0.15) is 0 Å². The van der Waals surface area contributed by atoms with Crippen molar-refractivity contribution in [1.29, 1.82) is 0 Å². The summed E-state index contributed by atoms with van der Waals surface area (Å²) in [5.41, 5.74) is 3.72. The number of hydrogen-bond donors (Lipinski definition) is 0. The van der Waals surface area contributed by atoms with E-state index >= 15 is 0 Å². The lowest BCUT2D eigenvalue weighted by atomic mass is 10.1. The quantitative estimate of drug-likeness (QED) is 0.641. The third kappa shape index (κ3) is 3.54. The molecule has 0 aliphatic carbocycles. The Hall–Kier alpha value is -2.14. The average Bonchev–Trinajstić information content (AvgIpc) is 2.48. The van der Waals surface area contributed by atoms with Crippen molar-refractivity contribution in [3.63, 3.8) is 0 Å². The topological polar surface area (TPSA) is 49.7 Å². The monoisotopic (exact) mass is 316 g/mol. The van der Waals surface area contributed by atoms with Gasteiger partial charge in [0.25, 0.3) is 10.0 Å². The number of hydrazone groups is 1. The Labute approximate surface area is 132 Å². The molecule has 0 atom stereocenters. The van der Waals surface area contributed by atoms with Crippen molar-refractivity contribution >= 4 is 15.7 Å². The molecule has 2 rings (SSSR count). The molecule has 116 valence electrons. The summed E-state index contributed by atoms with van der Waals surface area (Å²) < 4.78 is 26.0. The minimum absolute atomic E-state index is 0.237. The zero-order chi connectivity index (χ0) is 16.3. The number of aryl methyl sites for hydroxylation is 2. The molecule has 0 N–H and O–H groups in total. The summed E-state index contributed by atoms with van der Waals surface area (Å²) in [6.45, 7) is 5.72. The van der Waals surface area contributed by atoms with E-state index in [2.05, 4.69) is 5.10 Å². The minimum atomic E-state index is -3.62. The Morgan fingerprint density at radius 3 is 1.86 bits per heavy atom. The van der Waals surface area contributed by atoms with Crippen LogP contribution in [0.3, 0.4) is 0 Å². The highest BCUT2D eigenvalue weighted by atomic mass is 32.2. The SMILES string of the molecule is C/C(=N\N(C)S(=O)(=O)c1ccc(C)cc1)c1ccc(C)cc1. The van der Waals surface area contributed by atoms with Crippen molar-refractivity contribution in [2.45, 2.75) is 25.7 Å². The molecular formula is C17H20N2O2S. The number of benzene rings is 2. The third-order valence-corrected chi connectivity index (χ3v) is 5.07. The fourth-order valence-electron chi connectivity index (χ4n) is 1.98. The molecule has 0 amide bonds. The van der Waals surface area contributed by atoms with Gasteiger partial charge in [0.2, 0.25) is 0 Å². The summed E-state index contributed by atoms with van der Waals surface area (Å²) in [6, 6.07) is 14.6. The van der Waals surface area contributed by atoms with Gasteiger partial charge in [0.05, 0.1) is 10.6 Å². The summed E-state index contributed by atoms with van der Waals surface area (Å²) in [7, 11) is -2.17. The Balaban J connectivity index is 2.30. The van der Waals surface area contributed by atoms with Crippen molar-refractivity contribution in [1.82, 2.24) is 4.41 Å². The van der Waals surface area contributed by atoms with Crippen LogP contribution in [-0.2, 0) is 10.0 Å². The molecule has 0 saturated heterocycles. The van der Waals surface area contributed by atoms with Crippen LogP contribution in [0.25, 0.3) is 0 Å². The van der Waals surface area contributed by atoms with Gasteiger partial charge in [-0.15, -0.1) is 0 Å². The minimum Gasteiger partial charge on any atom is -0.200 e. The fourth-order valence-corrected chi connectivity index (χ4v) is 3.00. The second-order valence-corrected chi connectivity index (χ2v) is 7.25. The van der Waals surface area contributed by atoms with Gasteiger partial charge < -0.3 is 0 Å². The fraction of sp³-hybridized carbons (Fsp3) is 0.235. The van der Waals surface area contributed by atoms with Gasteiger partial charge in [0, 0.05) is 7.05 Å². The van der Waals surface area contributed by atoms with E-state index in [0.29, 0.717) is 5.71 Å². The molecule has 0 unspecified atom stereocenters. The van der Waals surface area contributed by atoms with Gasteiger partial charge in [-0.3, -0.25) is 0 Å². The van der Waals surface area contributed by atoms with E-state index in [1.54, 1.807) is 31.2 Å². The van der Waals surface area contributed by atoms with E-state index in [1.807, 2.05) is 38.1 Å². The van der Waals surface area contributed by atoms with Crippen LogP contribution in [0.2, 0.25) is 0 Å². The number of nitrogens with zero attached hydrogens (tertiary/aromatic N) is 2. The maximum atomic E-state index is 12.5. The van der Waals surface area contributed by atoms with E-state index in [0.717, 1.165) is 21.1 Å². The number of rotatable bonds is 4. The maximum absolute atomic E-state index is 12.5. The second kappa shape index (κ2) is 6.32. The summed E-state index contributed by atoms with van der Waals surface area (Å²) in [6.07, 6.45) is 0. The number of hydrogen-bond acceptors (Lipinski definition) is 3. The highest BCUT2D eigenvalue weighted by Crippen LogP contribution is 2.16. The lowest BCUT2D eigenvalue weighted by molar-refractivity contribution is 0.489. The van der Waals surface area contributed by atoms with Crippen molar-refractivity contribution < 1.29 is 8.42 Å². The molecule has 4 nitrogen and oxygen atoms in total. The van der Waals surface area contributed by atoms with Gasteiger partial charge in [-0.1, -0.05) is 47.5 Å². The Morgan fingerprint density at radius 1 is 0.909 bits per heavy atom. The first kappa shape index (κ1) is 16.2. The first-order valence-corrected chi connectivity index (χ1v) is 8.42. The van der Waals surface area contributed by atoms with Gasteiger partial charge >= 0.3 is 0 Å². The Bertz CT molecular complexity index is 776. The van der Waals surface area contributed by atoms with Crippen molar-refractivity contribution in [3.05, 3.63) is 65.2 Å². The zero-order valence-electron chi connectivity index (χ0n) is 13.2. The highest BCUT2D eigenvalue weighted by molar-refractivity contribution is 7.89. The van der Waals surface area contributed by atoms with E-state index in [-0.39, 0.29) is 4.90 Å². The largest absolute Gasteiger partial charge is 0.278 e. The molecule has 0 heterocycles. The standard InChI is InChI=1S/C17H20N2O2S/c1-13-5-9-16(10-6-13)15(3)18-19(4)22(20,21)17-11-7-14(2)8-12-17/h5-12H,1-4H3/b18-15+. The predicted octanol–water partition coefficient (Wildman–Crippen LogP) is 3.35. The van der Waals surface area contributed by atoms with E-state index in [9.17, 15) is 8.42 Å². The lowest BCUT2D eigenvalue weighted by Gasteiger charge is -2.15. The van der Waals surface area contributed by atoms with Crippen LogP contribution in [-0.4, -0.2) is 25.6 Å². The van der Waals surface area contributed by atoms with Crippen LogP contribution in [0.1, 0.15) is 23.6 Å². The molecule has 5 heteroatoms. The molecule has 0 aliphatic heterocycles. The lowest BCUT2D eigenvalue weighted by Crippen LogP contribution is -2.23. The van der Waals surface area contributed by atoms with Gasteiger partial charge in [-0.05, 0) is 38.5 Å². The third-order valence-electron chi connectivity index (χ3n) is 3.43. The molecule has 2 aromatic rings. The van der Waals surface area contributed by atoms with Gasteiger partial charge in [-0.25, -0.2) is 0 Å². The van der Waals surface area contributed by atoms with Crippen LogP contribution in [0.15, 0.2) is 58.5 Å². The van der Waals surface area contributed by atoms with Crippen molar-refractivity contribution in [2.75, 3.05) is 7.05 Å². The van der Waals surface area contributed by atoms with Gasteiger partial charge in [0.15, 0.2) is 0 Å². The van der Waals surface area contributed by atoms with Crippen molar-refractivity contribution in [2.24, 2.45) is 5.10 Å². The first-order chi connectivity index (χ1) is 10.3. The van der Waals surface area contributed by atoms with Crippen LogP contribution < -0.4 is 0 Å². The molecule has 0 aliphatic rings.